The second kappa shape index (κ2) is 6.86. The number of aromatic nitrogens is 1. The average Bonchev–Trinajstić information content (AvgIpc) is 2.82. The molecule has 1 unspecified atom stereocenters. The van der Waals surface area contributed by atoms with Crippen molar-refractivity contribution in [3.8, 4) is 5.75 Å². The second-order valence-corrected chi connectivity index (χ2v) is 6.03. The highest BCUT2D eigenvalue weighted by atomic mass is 32.1. The van der Waals surface area contributed by atoms with E-state index in [4.69, 9.17) is 4.74 Å². The summed E-state index contributed by atoms with van der Waals surface area (Å²) in [5, 5.41) is 6.56. The Kier molecular flexibility index (Phi) is 5.15. The molecule has 0 aliphatic rings. The SMILES string of the molecule is CCNC(C)c1ccc(C)cc1OCc1csc(C)n1. The highest BCUT2D eigenvalue weighted by molar-refractivity contribution is 7.09. The Morgan fingerprint density at radius 2 is 2.15 bits per heavy atom. The van der Waals surface area contributed by atoms with E-state index in [1.54, 1.807) is 11.3 Å². The lowest BCUT2D eigenvalue weighted by molar-refractivity contribution is 0.295. The zero-order valence-corrected chi connectivity index (χ0v) is 13.4. The first-order valence-corrected chi connectivity index (χ1v) is 7.86. The molecular formula is C16H22N2OS. The Morgan fingerprint density at radius 1 is 1.35 bits per heavy atom. The van der Waals surface area contributed by atoms with E-state index in [9.17, 15) is 0 Å². The molecule has 20 heavy (non-hydrogen) atoms. The molecule has 0 saturated heterocycles. The summed E-state index contributed by atoms with van der Waals surface area (Å²) in [7, 11) is 0. The van der Waals surface area contributed by atoms with Crippen LogP contribution in [0.4, 0.5) is 0 Å². The van der Waals surface area contributed by atoms with Crippen molar-refractivity contribution in [2.45, 2.75) is 40.3 Å². The minimum absolute atomic E-state index is 0.285. The summed E-state index contributed by atoms with van der Waals surface area (Å²) in [6.45, 7) is 9.84. The molecule has 0 aliphatic heterocycles. The second-order valence-electron chi connectivity index (χ2n) is 4.97. The number of benzene rings is 1. The van der Waals surface area contributed by atoms with Crippen LogP contribution in [0.3, 0.4) is 0 Å². The van der Waals surface area contributed by atoms with Crippen molar-refractivity contribution in [3.05, 3.63) is 45.4 Å². The van der Waals surface area contributed by atoms with Gasteiger partial charge in [0.05, 0.1) is 10.7 Å². The number of thiazole rings is 1. The summed E-state index contributed by atoms with van der Waals surface area (Å²) in [5.41, 5.74) is 3.40. The summed E-state index contributed by atoms with van der Waals surface area (Å²) < 4.78 is 5.99. The lowest BCUT2D eigenvalue weighted by atomic mass is 10.0. The van der Waals surface area contributed by atoms with E-state index in [1.165, 1.54) is 11.1 Å². The standard InChI is InChI=1S/C16H22N2OS/c1-5-17-12(3)15-7-6-11(2)8-16(15)19-9-14-10-20-13(4)18-14/h6-8,10,12,17H,5,9H2,1-4H3. The van der Waals surface area contributed by atoms with Crippen LogP contribution in [0.25, 0.3) is 0 Å². The van der Waals surface area contributed by atoms with Gasteiger partial charge in [0.2, 0.25) is 0 Å². The Balaban J connectivity index is 2.14. The molecule has 3 nitrogen and oxygen atoms in total. The normalized spacial score (nSPS) is 12.4. The van der Waals surface area contributed by atoms with Crippen molar-refractivity contribution in [3.63, 3.8) is 0 Å². The number of rotatable bonds is 6. The highest BCUT2D eigenvalue weighted by Gasteiger charge is 2.11. The van der Waals surface area contributed by atoms with Crippen LogP contribution in [-0.4, -0.2) is 11.5 Å². The van der Waals surface area contributed by atoms with E-state index < -0.39 is 0 Å². The number of hydrogen-bond donors (Lipinski definition) is 1. The van der Waals surface area contributed by atoms with E-state index in [0.717, 1.165) is 23.0 Å². The average molecular weight is 290 g/mol. The molecule has 4 heteroatoms. The maximum atomic E-state index is 5.99. The summed E-state index contributed by atoms with van der Waals surface area (Å²) in [6.07, 6.45) is 0. The molecule has 0 bridgehead atoms. The van der Waals surface area contributed by atoms with Gasteiger partial charge in [0.15, 0.2) is 0 Å². The van der Waals surface area contributed by atoms with Gasteiger partial charge in [-0.1, -0.05) is 19.1 Å². The highest BCUT2D eigenvalue weighted by Crippen LogP contribution is 2.27. The lowest BCUT2D eigenvalue weighted by Gasteiger charge is -2.18. The van der Waals surface area contributed by atoms with Crippen LogP contribution < -0.4 is 10.1 Å². The first-order valence-electron chi connectivity index (χ1n) is 6.98. The van der Waals surface area contributed by atoms with Crippen molar-refractivity contribution >= 4 is 11.3 Å². The number of aryl methyl sites for hydroxylation is 2. The summed E-state index contributed by atoms with van der Waals surface area (Å²) in [4.78, 5) is 4.44. The van der Waals surface area contributed by atoms with E-state index >= 15 is 0 Å². The van der Waals surface area contributed by atoms with Gasteiger partial charge in [0.25, 0.3) is 0 Å². The van der Waals surface area contributed by atoms with Gasteiger partial charge in [-0.3, -0.25) is 0 Å². The van der Waals surface area contributed by atoms with Crippen LogP contribution in [0.5, 0.6) is 5.75 Å². The van der Waals surface area contributed by atoms with Gasteiger partial charge in [0, 0.05) is 17.0 Å². The molecule has 0 aliphatic carbocycles. The monoisotopic (exact) mass is 290 g/mol. The van der Waals surface area contributed by atoms with Crippen LogP contribution in [0.2, 0.25) is 0 Å². The molecule has 1 atom stereocenters. The predicted molar refractivity (Wildman–Crippen MR) is 84.5 cm³/mol. The smallest absolute Gasteiger partial charge is 0.131 e. The van der Waals surface area contributed by atoms with Crippen LogP contribution in [0.15, 0.2) is 23.6 Å². The van der Waals surface area contributed by atoms with Crippen LogP contribution in [0.1, 0.15) is 41.7 Å². The van der Waals surface area contributed by atoms with Gasteiger partial charge in [-0.15, -0.1) is 11.3 Å². The third-order valence-electron chi connectivity index (χ3n) is 3.19. The molecule has 1 N–H and O–H groups in total. The zero-order valence-electron chi connectivity index (χ0n) is 12.6. The van der Waals surface area contributed by atoms with Crippen LogP contribution in [0, 0.1) is 13.8 Å². The molecular weight excluding hydrogens is 268 g/mol. The Labute approximate surface area is 125 Å². The molecule has 2 rings (SSSR count). The predicted octanol–water partition coefficient (Wildman–Crippen LogP) is 4.01. The molecule has 1 aromatic heterocycles. The molecule has 108 valence electrons. The number of hydrogen-bond acceptors (Lipinski definition) is 4. The van der Waals surface area contributed by atoms with E-state index in [-0.39, 0.29) is 6.04 Å². The fourth-order valence-corrected chi connectivity index (χ4v) is 2.76. The van der Waals surface area contributed by atoms with Crippen molar-refractivity contribution in [1.29, 1.82) is 0 Å². The minimum Gasteiger partial charge on any atom is -0.487 e. The van der Waals surface area contributed by atoms with E-state index in [0.29, 0.717) is 6.61 Å². The summed E-state index contributed by atoms with van der Waals surface area (Å²) >= 11 is 1.66. The lowest BCUT2D eigenvalue weighted by Crippen LogP contribution is -2.18. The van der Waals surface area contributed by atoms with Gasteiger partial charge in [-0.2, -0.15) is 0 Å². The largest absolute Gasteiger partial charge is 0.487 e. The fourth-order valence-electron chi connectivity index (χ4n) is 2.17. The molecule has 2 aromatic rings. The summed E-state index contributed by atoms with van der Waals surface area (Å²) in [6, 6.07) is 6.66. The van der Waals surface area contributed by atoms with Gasteiger partial charge < -0.3 is 10.1 Å². The van der Waals surface area contributed by atoms with E-state index in [1.807, 2.05) is 6.92 Å². The first-order chi connectivity index (χ1) is 9.60. The molecule has 0 fully saturated rings. The molecule has 1 aromatic carbocycles. The topological polar surface area (TPSA) is 34.1 Å². The Hall–Kier alpha value is -1.39. The maximum absolute atomic E-state index is 5.99. The molecule has 0 saturated carbocycles. The van der Waals surface area contributed by atoms with Gasteiger partial charge in [-0.25, -0.2) is 4.98 Å². The molecule has 1 heterocycles. The van der Waals surface area contributed by atoms with Gasteiger partial charge in [-0.05, 0) is 38.9 Å². The third kappa shape index (κ3) is 3.81. The number of ether oxygens (including phenoxy) is 1. The van der Waals surface area contributed by atoms with Crippen molar-refractivity contribution in [1.82, 2.24) is 10.3 Å². The van der Waals surface area contributed by atoms with Gasteiger partial charge in [0.1, 0.15) is 12.4 Å². The van der Waals surface area contributed by atoms with Crippen LogP contribution >= 0.6 is 11.3 Å². The van der Waals surface area contributed by atoms with Crippen molar-refractivity contribution in [2.75, 3.05) is 6.54 Å². The third-order valence-corrected chi connectivity index (χ3v) is 4.01. The minimum atomic E-state index is 0.285. The number of nitrogens with zero attached hydrogens (tertiary/aromatic N) is 1. The first kappa shape index (κ1) is 15.0. The summed E-state index contributed by atoms with van der Waals surface area (Å²) in [5.74, 6) is 0.948. The Bertz CT molecular complexity index is 565. The Morgan fingerprint density at radius 3 is 2.80 bits per heavy atom. The zero-order chi connectivity index (χ0) is 14.5. The van der Waals surface area contributed by atoms with E-state index in [2.05, 4.69) is 54.7 Å². The quantitative estimate of drug-likeness (QED) is 0.873. The van der Waals surface area contributed by atoms with Crippen LogP contribution in [-0.2, 0) is 6.61 Å². The van der Waals surface area contributed by atoms with Crippen molar-refractivity contribution < 1.29 is 4.74 Å². The van der Waals surface area contributed by atoms with Gasteiger partial charge >= 0.3 is 0 Å². The molecule has 0 radical (unpaired) electrons. The van der Waals surface area contributed by atoms with Crippen molar-refractivity contribution in [2.24, 2.45) is 0 Å². The molecule has 0 amide bonds. The fraction of sp³-hybridized carbons (Fsp3) is 0.438. The molecule has 0 spiro atoms. The number of nitrogens with one attached hydrogen (secondary N) is 1. The maximum Gasteiger partial charge on any atom is 0.131 e.